The van der Waals surface area contributed by atoms with Crippen molar-refractivity contribution in [2.45, 2.75) is 31.2 Å². The molecule has 0 unspecified atom stereocenters. The Morgan fingerprint density at radius 2 is 2.00 bits per heavy atom. The van der Waals surface area contributed by atoms with Gasteiger partial charge >= 0.3 is 6.03 Å². The van der Waals surface area contributed by atoms with Crippen molar-refractivity contribution < 1.29 is 9.59 Å². The number of urea groups is 1. The van der Waals surface area contributed by atoms with Gasteiger partial charge in [0.1, 0.15) is 0 Å². The van der Waals surface area contributed by atoms with E-state index >= 15 is 0 Å². The highest BCUT2D eigenvalue weighted by atomic mass is 32.2. The monoisotopic (exact) mass is 309 g/mol. The number of amides is 3. The lowest BCUT2D eigenvalue weighted by Crippen LogP contribution is -2.40. The van der Waals surface area contributed by atoms with E-state index < -0.39 is 0 Å². The van der Waals surface area contributed by atoms with Crippen LogP contribution in [0.15, 0.2) is 29.2 Å². The molecule has 1 aromatic carbocycles. The van der Waals surface area contributed by atoms with Crippen molar-refractivity contribution in [1.82, 2.24) is 10.2 Å². The van der Waals surface area contributed by atoms with Crippen molar-refractivity contribution in [2.24, 2.45) is 0 Å². The van der Waals surface area contributed by atoms with Crippen LogP contribution < -0.4 is 10.6 Å². The summed E-state index contributed by atoms with van der Waals surface area (Å²) in [5, 5.41) is 5.47. The first-order valence-electron chi connectivity index (χ1n) is 6.95. The highest BCUT2D eigenvalue weighted by molar-refractivity contribution is 7.99. The standard InChI is InChI=1S/C15H23N3O2S/c1-5-21-13-9-7-6-8-12(13)17-15(20)18(4)11(2)10-14(19)16-3/h6-9,11H,5,10H2,1-4H3,(H,16,19)(H,17,20)/t11-/m1/s1. The second-order valence-electron chi connectivity index (χ2n) is 4.70. The fraction of sp³-hybridized carbons (Fsp3) is 0.467. The molecule has 5 nitrogen and oxygen atoms in total. The zero-order valence-electron chi connectivity index (χ0n) is 13.0. The van der Waals surface area contributed by atoms with E-state index in [1.54, 1.807) is 30.8 Å². The summed E-state index contributed by atoms with van der Waals surface area (Å²) >= 11 is 1.68. The van der Waals surface area contributed by atoms with Crippen LogP contribution in [0, 0.1) is 0 Å². The van der Waals surface area contributed by atoms with Gasteiger partial charge in [-0.05, 0) is 24.8 Å². The Bertz CT molecular complexity index is 494. The number of rotatable bonds is 6. The maximum atomic E-state index is 12.3. The molecule has 1 aromatic rings. The highest BCUT2D eigenvalue weighted by Gasteiger charge is 2.18. The number of para-hydroxylation sites is 1. The van der Waals surface area contributed by atoms with Crippen LogP contribution in [-0.2, 0) is 4.79 Å². The molecule has 0 saturated carbocycles. The first kappa shape index (κ1) is 17.4. The quantitative estimate of drug-likeness (QED) is 0.794. The molecule has 2 N–H and O–H groups in total. The minimum atomic E-state index is -0.212. The third-order valence-electron chi connectivity index (χ3n) is 3.17. The van der Waals surface area contributed by atoms with Gasteiger partial charge in [-0.15, -0.1) is 11.8 Å². The largest absolute Gasteiger partial charge is 0.359 e. The van der Waals surface area contributed by atoms with Crippen LogP contribution in [0.1, 0.15) is 20.3 Å². The topological polar surface area (TPSA) is 61.4 Å². The number of benzene rings is 1. The predicted molar refractivity (Wildman–Crippen MR) is 87.8 cm³/mol. The molecule has 0 aliphatic heterocycles. The molecule has 0 fully saturated rings. The van der Waals surface area contributed by atoms with Gasteiger partial charge in [0.2, 0.25) is 5.91 Å². The molecule has 0 saturated heterocycles. The van der Waals surface area contributed by atoms with Crippen LogP contribution in [0.5, 0.6) is 0 Å². The van der Waals surface area contributed by atoms with Crippen molar-refractivity contribution >= 4 is 29.4 Å². The van der Waals surface area contributed by atoms with E-state index in [4.69, 9.17) is 0 Å². The van der Waals surface area contributed by atoms with Crippen LogP contribution in [0.25, 0.3) is 0 Å². The van der Waals surface area contributed by atoms with Crippen LogP contribution in [0.2, 0.25) is 0 Å². The molecule has 1 atom stereocenters. The molecule has 21 heavy (non-hydrogen) atoms. The maximum absolute atomic E-state index is 12.3. The molecule has 116 valence electrons. The Kier molecular flexibility index (Phi) is 7.08. The maximum Gasteiger partial charge on any atom is 0.321 e. The van der Waals surface area contributed by atoms with Gasteiger partial charge in [0.25, 0.3) is 0 Å². The first-order chi connectivity index (χ1) is 9.99. The van der Waals surface area contributed by atoms with Crippen molar-refractivity contribution in [3.8, 4) is 0 Å². The summed E-state index contributed by atoms with van der Waals surface area (Å²) in [6.45, 7) is 3.92. The van der Waals surface area contributed by atoms with Crippen LogP contribution in [0.4, 0.5) is 10.5 Å². The summed E-state index contributed by atoms with van der Waals surface area (Å²) in [7, 11) is 3.28. The summed E-state index contributed by atoms with van der Waals surface area (Å²) in [6.07, 6.45) is 0.284. The molecule has 6 heteroatoms. The van der Waals surface area contributed by atoms with Gasteiger partial charge in [-0.25, -0.2) is 4.79 Å². The number of carbonyl (C=O) groups excluding carboxylic acids is 2. The molecule has 0 radical (unpaired) electrons. The number of carbonyl (C=O) groups is 2. The van der Waals surface area contributed by atoms with Gasteiger partial charge in [-0.2, -0.15) is 0 Å². The van der Waals surface area contributed by atoms with Gasteiger partial charge in [0.05, 0.1) is 5.69 Å². The Balaban J connectivity index is 2.70. The minimum Gasteiger partial charge on any atom is -0.359 e. The first-order valence-corrected chi connectivity index (χ1v) is 7.94. The van der Waals surface area contributed by atoms with Gasteiger partial charge in [-0.1, -0.05) is 19.1 Å². The molecular formula is C15H23N3O2S. The molecule has 0 bridgehead atoms. The van der Waals surface area contributed by atoms with Gasteiger partial charge in [0, 0.05) is 31.5 Å². The Hall–Kier alpha value is -1.69. The lowest BCUT2D eigenvalue weighted by atomic mass is 10.2. The van der Waals surface area contributed by atoms with Crippen molar-refractivity contribution in [2.75, 3.05) is 25.2 Å². The van der Waals surface area contributed by atoms with E-state index in [1.807, 2.05) is 31.2 Å². The molecule has 3 amide bonds. The number of hydrogen-bond acceptors (Lipinski definition) is 3. The van der Waals surface area contributed by atoms with Crippen molar-refractivity contribution in [3.05, 3.63) is 24.3 Å². The second-order valence-corrected chi connectivity index (χ2v) is 6.00. The fourth-order valence-electron chi connectivity index (χ4n) is 1.76. The Labute approximate surface area is 130 Å². The molecule has 0 aliphatic carbocycles. The van der Waals surface area contributed by atoms with Crippen molar-refractivity contribution in [1.29, 1.82) is 0 Å². The average Bonchev–Trinajstić information content (AvgIpc) is 2.48. The van der Waals surface area contributed by atoms with Gasteiger partial charge in [-0.3, -0.25) is 4.79 Å². The number of nitrogens with zero attached hydrogens (tertiary/aromatic N) is 1. The Morgan fingerprint density at radius 3 is 2.62 bits per heavy atom. The number of hydrogen-bond donors (Lipinski definition) is 2. The third kappa shape index (κ3) is 5.30. The summed E-state index contributed by atoms with van der Waals surface area (Å²) in [4.78, 5) is 26.2. The summed E-state index contributed by atoms with van der Waals surface area (Å²) in [5.74, 6) is 0.861. The van der Waals surface area contributed by atoms with E-state index in [0.29, 0.717) is 0 Å². The number of thioether (sulfide) groups is 1. The van der Waals surface area contributed by atoms with Crippen LogP contribution in [0.3, 0.4) is 0 Å². The average molecular weight is 309 g/mol. The Morgan fingerprint density at radius 1 is 1.33 bits per heavy atom. The van der Waals surface area contributed by atoms with E-state index in [2.05, 4.69) is 17.6 Å². The zero-order chi connectivity index (χ0) is 15.8. The molecule has 0 spiro atoms. The SMILES string of the molecule is CCSc1ccccc1NC(=O)N(C)[C@H](C)CC(=O)NC. The fourth-order valence-corrected chi connectivity index (χ4v) is 2.52. The molecule has 0 aromatic heterocycles. The van der Waals surface area contributed by atoms with E-state index in [0.717, 1.165) is 16.3 Å². The zero-order valence-corrected chi connectivity index (χ0v) is 13.8. The lowest BCUT2D eigenvalue weighted by molar-refractivity contribution is -0.121. The second kappa shape index (κ2) is 8.56. The summed E-state index contributed by atoms with van der Waals surface area (Å²) in [6, 6.07) is 7.33. The molecule has 1 rings (SSSR count). The van der Waals surface area contributed by atoms with Gasteiger partial charge < -0.3 is 15.5 Å². The molecule has 0 aliphatic rings. The summed E-state index contributed by atoms with van der Waals surface area (Å²) in [5.41, 5.74) is 0.799. The lowest BCUT2D eigenvalue weighted by Gasteiger charge is -2.25. The van der Waals surface area contributed by atoms with Crippen LogP contribution >= 0.6 is 11.8 Å². The highest BCUT2D eigenvalue weighted by Crippen LogP contribution is 2.26. The smallest absolute Gasteiger partial charge is 0.321 e. The number of anilines is 1. The molecule has 0 heterocycles. The van der Waals surface area contributed by atoms with E-state index in [-0.39, 0.29) is 24.4 Å². The minimum absolute atomic E-state index is 0.0795. The van der Waals surface area contributed by atoms with Gasteiger partial charge in [0.15, 0.2) is 0 Å². The normalized spacial score (nSPS) is 11.6. The van der Waals surface area contributed by atoms with Crippen molar-refractivity contribution in [3.63, 3.8) is 0 Å². The third-order valence-corrected chi connectivity index (χ3v) is 4.13. The summed E-state index contributed by atoms with van der Waals surface area (Å²) < 4.78 is 0. The van der Waals surface area contributed by atoms with E-state index in [9.17, 15) is 9.59 Å². The number of nitrogens with one attached hydrogen (secondary N) is 2. The van der Waals surface area contributed by atoms with E-state index in [1.165, 1.54) is 0 Å². The van der Waals surface area contributed by atoms with Crippen LogP contribution in [-0.4, -0.2) is 42.7 Å². The predicted octanol–water partition coefficient (Wildman–Crippen LogP) is 2.79. The molecular weight excluding hydrogens is 286 g/mol.